The van der Waals surface area contributed by atoms with E-state index in [0.717, 1.165) is 29.0 Å². The molecule has 0 aliphatic rings. The first-order valence-electron chi connectivity index (χ1n) is 8.63. The minimum absolute atomic E-state index is 0.0860. The Morgan fingerprint density at radius 3 is 2.35 bits per heavy atom. The van der Waals surface area contributed by atoms with Crippen molar-refractivity contribution in [2.45, 2.75) is 19.4 Å². The quantitative estimate of drug-likeness (QED) is 0.642. The average molecular weight is 346 g/mol. The molecule has 1 heterocycles. The second kappa shape index (κ2) is 8.81. The first-order valence-corrected chi connectivity index (χ1v) is 8.63. The third-order valence-electron chi connectivity index (χ3n) is 4.22. The first kappa shape index (κ1) is 17.7. The highest BCUT2D eigenvalue weighted by Crippen LogP contribution is 2.22. The molecule has 0 N–H and O–H groups in total. The zero-order valence-electron chi connectivity index (χ0n) is 14.8. The van der Waals surface area contributed by atoms with Gasteiger partial charge >= 0.3 is 0 Å². The van der Waals surface area contributed by atoms with Gasteiger partial charge in [0.05, 0.1) is 13.7 Å². The van der Waals surface area contributed by atoms with Gasteiger partial charge in [-0.3, -0.25) is 9.78 Å². The van der Waals surface area contributed by atoms with Crippen LogP contribution in [0.25, 0.3) is 0 Å². The molecule has 0 unspecified atom stereocenters. The van der Waals surface area contributed by atoms with Crippen LogP contribution in [0, 0.1) is 0 Å². The Morgan fingerprint density at radius 2 is 1.69 bits per heavy atom. The number of rotatable bonds is 7. The van der Waals surface area contributed by atoms with Gasteiger partial charge in [-0.25, -0.2) is 0 Å². The molecule has 4 nitrogen and oxygen atoms in total. The molecule has 0 aliphatic carbocycles. The standard InChI is InChI=1S/C22H22N2O2/c1-26-21-12-10-20(11-13-21)24(17-19-8-5-15-23-16-19)22(25)14-9-18-6-3-2-4-7-18/h2-8,10-13,15-16H,9,14,17H2,1H3. The van der Waals surface area contributed by atoms with E-state index in [1.165, 1.54) is 0 Å². The number of aryl methyl sites for hydroxylation is 1. The van der Waals surface area contributed by atoms with E-state index in [1.807, 2.05) is 66.7 Å². The number of hydrogen-bond acceptors (Lipinski definition) is 3. The third kappa shape index (κ3) is 4.70. The molecule has 0 saturated carbocycles. The van der Waals surface area contributed by atoms with Crippen LogP contribution >= 0.6 is 0 Å². The average Bonchev–Trinajstić information content (AvgIpc) is 2.72. The van der Waals surface area contributed by atoms with Crippen LogP contribution in [0.5, 0.6) is 5.75 Å². The Morgan fingerprint density at radius 1 is 0.962 bits per heavy atom. The zero-order valence-corrected chi connectivity index (χ0v) is 14.8. The Bertz CT molecular complexity index is 818. The van der Waals surface area contributed by atoms with E-state index in [9.17, 15) is 4.79 Å². The minimum Gasteiger partial charge on any atom is -0.497 e. The van der Waals surface area contributed by atoms with E-state index < -0.39 is 0 Å². The number of carbonyl (C=O) groups is 1. The predicted octanol–water partition coefficient (Wildman–Crippen LogP) is 4.26. The lowest BCUT2D eigenvalue weighted by atomic mass is 10.1. The van der Waals surface area contributed by atoms with Crippen molar-refractivity contribution in [2.75, 3.05) is 12.0 Å². The Labute approximate surface area is 154 Å². The molecule has 26 heavy (non-hydrogen) atoms. The van der Waals surface area contributed by atoms with E-state index in [1.54, 1.807) is 24.4 Å². The van der Waals surface area contributed by atoms with Gasteiger partial charge in [0.2, 0.25) is 5.91 Å². The molecular weight excluding hydrogens is 324 g/mol. The minimum atomic E-state index is 0.0860. The normalized spacial score (nSPS) is 10.3. The van der Waals surface area contributed by atoms with Gasteiger partial charge in [0.1, 0.15) is 5.75 Å². The lowest BCUT2D eigenvalue weighted by molar-refractivity contribution is -0.118. The molecule has 1 amide bonds. The summed E-state index contributed by atoms with van der Waals surface area (Å²) >= 11 is 0. The summed E-state index contributed by atoms with van der Waals surface area (Å²) < 4.78 is 5.22. The highest BCUT2D eigenvalue weighted by molar-refractivity contribution is 5.93. The van der Waals surface area contributed by atoms with E-state index in [0.29, 0.717) is 13.0 Å². The molecule has 0 spiro atoms. The van der Waals surface area contributed by atoms with Crippen molar-refractivity contribution in [3.63, 3.8) is 0 Å². The summed E-state index contributed by atoms with van der Waals surface area (Å²) in [5, 5.41) is 0. The summed E-state index contributed by atoms with van der Waals surface area (Å²) in [5.74, 6) is 0.856. The first-order chi connectivity index (χ1) is 12.8. The highest BCUT2D eigenvalue weighted by Gasteiger charge is 2.16. The second-order valence-electron chi connectivity index (χ2n) is 6.02. The van der Waals surface area contributed by atoms with Crippen molar-refractivity contribution in [2.24, 2.45) is 0 Å². The number of hydrogen-bond donors (Lipinski definition) is 0. The largest absolute Gasteiger partial charge is 0.497 e. The smallest absolute Gasteiger partial charge is 0.227 e. The van der Waals surface area contributed by atoms with Crippen molar-refractivity contribution in [3.8, 4) is 5.75 Å². The Kier molecular flexibility index (Phi) is 5.99. The molecule has 0 atom stereocenters. The Hall–Kier alpha value is -3.14. The Balaban J connectivity index is 1.77. The lowest BCUT2D eigenvalue weighted by Gasteiger charge is -2.23. The van der Waals surface area contributed by atoms with Gasteiger partial charge in [-0.1, -0.05) is 36.4 Å². The number of nitrogens with zero attached hydrogens (tertiary/aromatic N) is 2. The fourth-order valence-corrected chi connectivity index (χ4v) is 2.79. The van der Waals surface area contributed by atoms with Crippen molar-refractivity contribution in [1.82, 2.24) is 4.98 Å². The molecule has 0 fully saturated rings. The van der Waals surface area contributed by atoms with Gasteiger partial charge in [0, 0.05) is 24.5 Å². The maximum absolute atomic E-state index is 13.0. The van der Waals surface area contributed by atoms with E-state index in [-0.39, 0.29) is 5.91 Å². The summed E-state index contributed by atoms with van der Waals surface area (Å²) in [6.07, 6.45) is 4.70. The predicted molar refractivity (Wildman–Crippen MR) is 103 cm³/mol. The summed E-state index contributed by atoms with van der Waals surface area (Å²) in [5.41, 5.74) is 3.01. The molecular formula is C22H22N2O2. The van der Waals surface area contributed by atoms with Crippen molar-refractivity contribution < 1.29 is 9.53 Å². The molecule has 3 rings (SSSR count). The zero-order chi connectivity index (χ0) is 18.2. The van der Waals surface area contributed by atoms with Crippen LogP contribution in [0.1, 0.15) is 17.5 Å². The monoisotopic (exact) mass is 346 g/mol. The molecule has 4 heteroatoms. The fourth-order valence-electron chi connectivity index (χ4n) is 2.79. The number of methoxy groups -OCH3 is 1. The number of amides is 1. The fraction of sp³-hybridized carbons (Fsp3) is 0.182. The third-order valence-corrected chi connectivity index (χ3v) is 4.22. The molecule has 1 aromatic heterocycles. The lowest BCUT2D eigenvalue weighted by Crippen LogP contribution is -2.30. The topological polar surface area (TPSA) is 42.4 Å². The number of carbonyl (C=O) groups excluding carboxylic acids is 1. The molecule has 0 bridgehead atoms. The van der Waals surface area contributed by atoms with Crippen LogP contribution in [-0.2, 0) is 17.8 Å². The maximum atomic E-state index is 13.0. The second-order valence-corrected chi connectivity index (χ2v) is 6.02. The van der Waals surface area contributed by atoms with Crippen LogP contribution in [0.15, 0.2) is 79.1 Å². The van der Waals surface area contributed by atoms with Crippen LogP contribution in [0.3, 0.4) is 0 Å². The summed E-state index contributed by atoms with van der Waals surface area (Å²) in [6.45, 7) is 0.494. The van der Waals surface area contributed by atoms with Crippen molar-refractivity contribution >= 4 is 11.6 Å². The van der Waals surface area contributed by atoms with Gasteiger partial charge in [-0.15, -0.1) is 0 Å². The van der Waals surface area contributed by atoms with Crippen molar-refractivity contribution in [1.29, 1.82) is 0 Å². The molecule has 0 radical (unpaired) electrons. The molecule has 132 valence electrons. The van der Waals surface area contributed by atoms with E-state index in [4.69, 9.17) is 4.74 Å². The van der Waals surface area contributed by atoms with Gasteiger partial charge in [0.25, 0.3) is 0 Å². The number of ether oxygens (including phenoxy) is 1. The molecule has 3 aromatic rings. The van der Waals surface area contributed by atoms with Gasteiger partial charge in [0.15, 0.2) is 0 Å². The van der Waals surface area contributed by atoms with Gasteiger partial charge in [-0.05, 0) is 47.9 Å². The summed E-state index contributed by atoms with van der Waals surface area (Å²) in [4.78, 5) is 18.9. The van der Waals surface area contributed by atoms with Crippen LogP contribution in [0.4, 0.5) is 5.69 Å². The van der Waals surface area contributed by atoms with Crippen molar-refractivity contribution in [3.05, 3.63) is 90.3 Å². The van der Waals surface area contributed by atoms with E-state index >= 15 is 0 Å². The summed E-state index contributed by atoms with van der Waals surface area (Å²) in [6, 6.07) is 21.5. The van der Waals surface area contributed by atoms with Crippen LogP contribution in [-0.4, -0.2) is 18.0 Å². The number of anilines is 1. The van der Waals surface area contributed by atoms with Crippen LogP contribution < -0.4 is 9.64 Å². The SMILES string of the molecule is COc1ccc(N(Cc2cccnc2)C(=O)CCc2ccccc2)cc1. The van der Waals surface area contributed by atoms with Gasteiger partial charge < -0.3 is 9.64 Å². The maximum Gasteiger partial charge on any atom is 0.227 e. The number of pyridine rings is 1. The molecule has 0 saturated heterocycles. The summed E-state index contributed by atoms with van der Waals surface area (Å²) in [7, 11) is 1.63. The number of benzene rings is 2. The van der Waals surface area contributed by atoms with E-state index in [2.05, 4.69) is 4.98 Å². The highest BCUT2D eigenvalue weighted by atomic mass is 16.5. The van der Waals surface area contributed by atoms with Crippen LogP contribution in [0.2, 0.25) is 0 Å². The van der Waals surface area contributed by atoms with Gasteiger partial charge in [-0.2, -0.15) is 0 Å². The molecule has 0 aliphatic heterocycles. The molecule has 2 aromatic carbocycles. The number of aromatic nitrogens is 1.